The molecule has 3 aromatic rings. The third-order valence-electron chi connectivity index (χ3n) is 6.04. The maximum absolute atomic E-state index is 13.0. The van der Waals surface area contributed by atoms with Crippen molar-refractivity contribution >= 4 is 17.6 Å². The quantitative estimate of drug-likeness (QED) is 0.604. The number of aromatic nitrogens is 4. The van der Waals surface area contributed by atoms with Crippen molar-refractivity contribution in [2.45, 2.75) is 58.7 Å². The number of piperidine rings is 1. The standard InChI is InChI=1S/C22H25F3N6O3/c1-12-4-6-17(34-12)19(33)27-15-8-10-30(11-9-15)18(32)7-5-16-13(2)26-21-28-20(22(23,24)25)29-31(21)14(16)3/h4,6,15H,5,7-11H2,1-3H3,(H,27,33). The highest BCUT2D eigenvalue weighted by Crippen LogP contribution is 2.27. The number of amides is 2. The van der Waals surface area contributed by atoms with Gasteiger partial charge in [0.25, 0.3) is 17.5 Å². The predicted molar refractivity (Wildman–Crippen MR) is 114 cm³/mol. The Morgan fingerprint density at radius 1 is 1.15 bits per heavy atom. The van der Waals surface area contributed by atoms with E-state index >= 15 is 0 Å². The van der Waals surface area contributed by atoms with E-state index in [2.05, 4.69) is 20.4 Å². The van der Waals surface area contributed by atoms with E-state index in [9.17, 15) is 22.8 Å². The first-order chi connectivity index (χ1) is 16.0. The average Bonchev–Trinajstić information content (AvgIpc) is 3.40. The minimum atomic E-state index is -4.66. The van der Waals surface area contributed by atoms with Crippen LogP contribution in [-0.2, 0) is 17.4 Å². The minimum Gasteiger partial charge on any atom is -0.456 e. The Hall–Kier alpha value is -3.44. The Labute approximate surface area is 193 Å². The molecule has 9 nitrogen and oxygen atoms in total. The number of aryl methyl sites for hydroxylation is 3. The third-order valence-corrected chi connectivity index (χ3v) is 6.04. The van der Waals surface area contributed by atoms with E-state index in [1.54, 1.807) is 37.8 Å². The lowest BCUT2D eigenvalue weighted by Gasteiger charge is -2.32. The molecule has 1 N–H and O–H groups in total. The van der Waals surface area contributed by atoms with Crippen molar-refractivity contribution in [3.05, 3.63) is 46.4 Å². The minimum absolute atomic E-state index is 0.0480. The SMILES string of the molecule is Cc1ccc(C(=O)NC2CCN(C(=O)CCc3c(C)nc4nc(C(F)(F)F)nn4c3C)CC2)o1. The van der Waals surface area contributed by atoms with E-state index in [0.29, 0.717) is 55.1 Å². The molecule has 0 aromatic carbocycles. The number of nitrogens with zero attached hydrogens (tertiary/aromatic N) is 5. The summed E-state index contributed by atoms with van der Waals surface area (Å²) in [5.74, 6) is -0.760. The van der Waals surface area contributed by atoms with Crippen molar-refractivity contribution in [3.63, 3.8) is 0 Å². The van der Waals surface area contributed by atoms with Crippen LogP contribution in [0.25, 0.3) is 5.78 Å². The van der Waals surface area contributed by atoms with Crippen LogP contribution < -0.4 is 5.32 Å². The first-order valence-corrected chi connectivity index (χ1v) is 11.0. The van der Waals surface area contributed by atoms with Crippen molar-refractivity contribution < 1.29 is 27.2 Å². The summed E-state index contributed by atoms with van der Waals surface area (Å²) in [5.41, 5.74) is 1.68. The van der Waals surface area contributed by atoms with Gasteiger partial charge >= 0.3 is 6.18 Å². The van der Waals surface area contributed by atoms with Crippen LogP contribution in [0.3, 0.4) is 0 Å². The number of hydrogen-bond donors (Lipinski definition) is 1. The van der Waals surface area contributed by atoms with Crippen LogP contribution in [0.5, 0.6) is 0 Å². The predicted octanol–water partition coefficient (Wildman–Crippen LogP) is 3.01. The summed E-state index contributed by atoms with van der Waals surface area (Å²) in [6.07, 6.45) is -2.88. The van der Waals surface area contributed by atoms with E-state index < -0.39 is 12.0 Å². The lowest BCUT2D eigenvalue weighted by Crippen LogP contribution is -2.46. The second kappa shape index (κ2) is 9.07. The van der Waals surface area contributed by atoms with Crippen LogP contribution in [0.2, 0.25) is 0 Å². The Morgan fingerprint density at radius 2 is 1.85 bits per heavy atom. The maximum atomic E-state index is 13.0. The zero-order valence-corrected chi connectivity index (χ0v) is 19.1. The molecule has 182 valence electrons. The molecule has 3 aromatic heterocycles. The first kappa shape index (κ1) is 23.7. The van der Waals surface area contributed by atoms with Crippen molar-refractivity contribution in [2.24, 2.45) is 0 Å². The number of fused-ring (bicyclic) bond motifs is 1. The summed E-state index contributed by atoms with van der Waals surface area (Å²) in [5, 5.41) is 6.47. The fourth-order valence-electron chi connectivity index (χ4n) is 4.17. The number of rotatable bonds is 5. The Balaban J connectivity index is 1.34. The number of nitrogens with one attached hydrogen (secondary N) is 1. The molecule has 1 aliphatic heterocycles. The number of hydrogen-bond acceptors (Lipinski definition) is 6. The second-order valence-electron chi connectivity index (χ2n) is 8.44. The summed E-state index contributed by atoms with van der Waals surface area (Å²) in [4.78, 5) is 34.4. The number of alkyl halides is 3. The summed E-state index contributed by atoms with van der Waals surface area (Å²) >= 11 is 0. The first-order valence-electron chi connectivity index (χ1n) is 11.0. The Kier molecular flexibility index (Phi) is 6.32. The molecule has 0 saturated carbocycles. The lowest BCUT2D eigenvalue weighted by molar-refractivity contribution is -0.144. The number of carbonyl (C=O) groups is 2. The molecular weight excluding hydrogens is 453 g/mol. The maximum Gasteiger partial charge on any atom is 0.453 e. The smallest absolute Gasteiger partial charge is 0.453 e. The molecule has 4 heterocycles. The number of likely N-dealkylation sites (tertiary alicyclic amines) is 1. The molecule has 1 aliphatic rings. The van der Waals surface area contributed by atoms with Gasteiger partial charge in [0, 0.05) is 36.9 Å². The normalized spacial score (nSPS) is 15.2. The second-order valence-corrected chi connectivity index (χ2v) is 8.44. The van der Waals surface area contributed by atoms with Crippen molar-refractivity contribution in [1.82, 2.24) is 29.8 Å². The van der Waals surface area contributed by atoms with Crippen LogP contribution in [0.4, 0.5) is 13.2 Å². The van der Waals surface area contributed by atoms with Crippen molar-refractivity contribution in [2.75, 3.05) is 13.1 Å². The molecule has 0 bridgehead atoms. The van der Waals surface area contributed by atoms with Crippen LogP contribution >= 0.6 is 0 Å². The molecule has 1 saturated heterocycles. The molecule has 0 radical (unpaired) electrons. The van der Waals surface area contributed by atoms with Crippen molar-refractivity contribution in [3.8, 4) is 0 Å². The molecule has 0 aliphatic carbocycles. The Morgan fingerprint density at radius 3 is 2.47 bits per heavy atom. The average molecular weight is 478 g/mol. The van der Waals surface area contributed by atoms with Gasteiger partial charge in [-0.2, -0.15) is 18.2 Å². The summed E-state index contributed by atoms with van der Waals surface area (Å²) in [6.45, 7) is 6.11. The van der Waals surface area contributed by atoms with Gasteiger partial charge in [-0.25, -0.2) is 9.50 Å². The van der Waals surface area contributed by atoms with Gasteiger partial charge in [-0.05, 0) is 57.7 Å². The molecule has 0 unspecified atom stereocenters. The summed E-state index contributed by atoms with van der Waals surface area (Å²) in [6, 6.07) is 3.31. The van der Waals surface area contributed by atoms with Gasteiger partial charge in [-0.15, -0.1) is 5.10 Å². The zero-order valence-electron chi connectivity index (χ0n) is 19.1. The molecule has 0 atom stereocenters. The highest BCUT2D eigenvalue weighted by molar-refractivity contribution is 5.91. The van der Waals surface area contributed by atoms with E-state index in [0.717, 1.165) is 4.52 Å². The van der Waals surface area contributed by atoms with Gasteiger partial charge in [0.05, 0.1) is 0 Å². The molecular formula is C22H25F3N6O3. The van der Waals surface area contributed by atoms with Crippen LogP contribution in [0.15, 0.2) is 16.5 Å². The van der Waals surface area contributed by atoms with Crippen LogP contribution in [-0.4, -0.2) is 55.4 Å². The monoisotopic (exact) mass is 478 g/mol. The Bertz CT molecular complexity index is 1220. The van der Waals surface area contributed by atoms with Gasteiger partial charge < -0.3 is 14.6 Å². The van der Waals surface area contributed by atoms with Gasteiger partial charge in [0.15, 0.2) is 5.76 Å². The lowest BCUT2D eigenvalue weighted by atomic mass is 10.0. The number of halogens is 3. The fourth-order valence-corrected chi connectivity index (χ4v) is 4.17. The van der Waals surface area contributed by atoms with Crippen LogP contribution in [0, 0.1) is 20.8 Å². The highest BCUT2D eigenvalue weighted by Gasteiger charge is 2.37. The number of furan rings is 1. The fraction of sp³-hybridized carbons (Fsp3) is 0.500. The van der Waals surface area contributed by atoms with Crippen molar-refractivity contribution in [1.29, 1.82) is 0 Å². The molecule has 2 amide bonds. The molecule has 12 heteroatoms. The van der Waals surface area contributed by atoms with E-state index in [4.69, 9.17) is 4.42 Å². The van der Waals surface area contributed by atoms with Gasteiger partial charge in [0.2, 0.25) is 5.91 Å². The topological polar surface area (TPSA) is 106 Å². The van der Waals surface area contributed by atoms with E-state index in [-0.39, 0.29) is 35.8 Å². The van der Waals surface area contributed by atoms with Gasteiger partial charge in [-0.1, -0.05) is 0 Å². The largest absolute Gasteiger partial charge is 0.456 e. The highest BCUT2D eigenvalue weighted by atomic mass is 19.4. The number of carbonyl (C=O) groups excluding carboxylic acids is 2. The third kappa shape index (κ3) is 4.90. The molecule has 34 heavy (non-hydrogen) atoms. The summed E-state index contributed by atoms with van der Waals surface area (Å²) in [7, 11) is 0. The molecule has 4 rings (SSSR count). The van der Waals surface area contributed by atoms with Gasteiger partial charge in [-0.3, -0.25) is 9.59 Å². The summed E-state index contributed by atoms with van der Waals surface area (Å²) < 4.78 is 45.3. The van der Waals surface area contributed by atoms with Gasteiger partial charge in [0.1, 0.15) is 5.76 Å². The van der Waals surface area contributed by atoms with Crippen LogP contribution in [0.1, 0.15) is 58.4 Å². The molecule has 1 fully saturated rings. The molecule has 0 spiro atoms. The van der Waals surface area contributed by atoms with E-state index in [1.165, 1.54) is 0 Å². The zero-order chi connectivity index (χ0) is 24.6. The van der Waals surface area contributed by atoms with E-state index in [1.807, 2.05) is 0 Å².